The lowest BCUT2D eigenvalue weighted by Crippen LogP contribution is -2.29. The zero-order valence-corrected chi connectivity index (χ0v) is 17.6. The number of carbonyl (C=O) groups is 1. The third-order valence-electron chi connectivity index (χ3n) is 5.02. The van der Waals surface area contributed by atoms with E-state index in [9.17, 15) is 13.2 Å². The fourth-order valence-electron chi connectivity index (χ4n) is 3.67. The number of benzene rings is 2. The highest BCUT2D eigenvalue weighted by molar-refractivity contribution is 7.93. The molecule has 0 radical (unpaired) electrons. The monoisotopic (exact) mass is 427 g/mol. The summed E-state index contributed by atoms with van der Waals surface area (Å²) < 4.78 is 39.1. The number of fused-ring (bicyclic) bond motifs is 1. The minimum atomic E-state index is -3.89. The summed E-state index contributed by atoms with van der Waals surface area (Å²) in [6, 6.07) is 12.3. The number of carbonyl (C=O) groups excluding carboxylic acids is 1. The van der Waals surface area contributed by atoms with Crippen LogP contribution in [-0.4, -0.2) is 33.1 Å². The number of anilines is 2. The second kappa shape index (κ2) is 7.49. The van der Waals surface area contributed by atoms with Crippen LogP contribution >= 0.6 is 0 Å². The number of methoxy groups -OCH3 is 1. The van der Waals surface area contributed by atoms with Gasteiger partial charge in [-0.25, -0.2) is 8.42 Å². The maximum Gasteiger partial charge on any atom is 0.268 e. The van der Waals surface area contributed by atoms with Crippen molar-refractivity contribution in [2.45, 2.75) is 25.2 Å². The summed E-state index contributed by atoms with van der Waals surface area (Å²) in [5.41, 5.74) is 3.25. The van der Waals surface area contributed by atoms with E-state index in [0.29, 0.717) is 35.5 Å². The molecule has 9 heteroatoms. The first-order valence-electron chi connectivity index (χ1n) is 9.36. The van der Waals surface area contributed by atoms with Crippen LogP contribution in [-0.2, 0) is 21.2 Å². The molecule has 0 unspecified atom stereocenters. The zero-order chi connectivity index (χ0) is 21.5. The average molecular weight is 427 g/mol. The molecule has 30 heavy (non-hydrogen) atoms. The summed E-state index contributed by atoms with van der Waals surface area (Å²) in [7, 11) is -2.46. The van der Waals surface area contributed by atoms with E-state index in [4.69, 9.17) is 9.26 Å². The van der Waals surface area contributed by atoms with Crippen molar-refractivity contribution < 1.29 is 22.5 Å². The molecule has 8 nitrogen and oxygen atoms in total. The van der Waals surface area contributed by atoms with Gasteiger partial charge in [-0.3, -0.25) is 14.4 Å². The first-order valence-corrected chi connectivity index (χ1v) is 10.8. The number of aromatic nitrogens is 1. The molecule has 0 saturated carbocycles. The van der Waals surface area contributed by atoms with Gasteiger partial charge < -0.3 is 9.26 Å². The fourth-order valence-corrected chi connectivity index (χ4v) is 5.35. The zero-order valence-electron chi connectivity index (χ0n) is 16.8. The van der Waals surface area contributed by atoms with Crippen molar-refractivity contribution in [1.29, 1.82) is 0 Å². The van der Waals surface area contributed by atoms with Crippen LogP contribution in [0.4, 0.5) is 11.6 Å². The molecule has 2 heterocycles. The van der Waals surface area contributed by atoms with Crippen LogP contribution in [0.5, 0.6) is 5.75 Å². The third kappa shape index (κ3) is 3.30. The van der Waals surface area contributed by atoms with E-state index in [2.05, 4.69) is 10.5 Å². The summed E-state index contributed by atoms with van der Waals surface area (Å²) in [6.07, 6.45) is 0.648. The topological polar surface area (TPSA) is 102 Å². The van der Waals surface area contributed by atoms with Crippen LogP contribution in [0.3, 0.4) is 0 Å². The Morgan fingerprint density at radius 1 is 1.23 bits per heavy atom. The van der Waals surface area contributed by atoms with E-state index in [1.807, 2.05) is 18.2 Å². The summed E-state index contributed by atoms with van der Waals surface area (Å²) >= 11 is 0. The van der Waals surface area contributed by atoms with Gasteiger partial charge in [-0.15, -0.1) is 0 Å². The number of rotatable bonds is 5. The summed E-state index contributed by atoms with van der Waals surface area (Å²) in [5.74, 6) is 0.0841. The number of hydrogen-bond acceptors (Lipinski definition) is 6. The van der Waals surface area contributed by atoms with Crippen molar-refractivity contribution in [3.8, 4) is 16.9 Å². The molecule has 0 fully saturated rings. The predicted molar refractivity (Wildman–Crippen MR) is 112 cm³/mol. The Balaban J connectivity index is 1.84. The number of hydrogen-bond donors (Lipinski definition) is 1. The average Bonchev–Trinajstić information content (AvgIpc) is 3.31. The van der Waals surface area contributed by atoms with Crippen LogP contribution in [0, 0.1) is 6.92 Å². The van der Waals surface area contributed by atoms with Gasteiger partial charge in [-0.2, -0.15) is 0 Å². The Hall–Kier alpha value is -3.33. The highest BCUT2D eigenvalue weighted by atomic mass is 32.2. The smallest absolute Gasteiger partial charge is 0.268 e. The highest BCUT2D eigenvalue weighted by Gasteiger charge is 2.33. The first-order chi connectivity index (χ1) is 14.3. The molecule has 2 aromatic carbocycles. The summed E-state index contributed by atoms with van der Waals surface area (Å²) in [5, 5.41) is 6.50. The van der Waals surface area contributed by atoms with Gasteiger partial charge in [-0.1, -0.05) is 29.4 Å². The quantitative estimate of drug-likeness (QED) is 0.670. The van der Waals surface area contributed by atoms with Gasteiger partial charge in [0, 0.05) is 13.5 Å². The summed E-state index contributed by atoms with van der Waals surface area (Å²) in [6.45, 7) is 3.44. The molecule has 0 bridgehead atoms. The van der Waals surface area contributed by atoms with Gasteiger partial charge in [0.05, 0.1) is 24.1 Å². The van der Waals surface area contributed by atoms with Crippen molar-refractivity contribution in [3.63, 3.8) is 0 Å². The van der Waals surface area contributed by atoms with Crippen molar-refractivity contribution in [1.82, 2.24) is 5.16 Å². The van der Waals surface area contributed by atoms with E-state index in [1.54, 1.807) is 25.1 Å². The molecule has 3 aromatic rings. The van der Waals surface area contributed by atoms with Crippen LogP contribution in [0.25, 0.3) is 11.1 Å². The number of amides is 1. The van der Waals surface area contributed by atoms with E-state index in [0.717, 1.165) is 5.56 Å². The van der Waals surface area contributed by atoms with Gasteiger partial charge in [0.15, 0.2) is 0 Å². The van der Waals surface area contributed by atoms with Gasteiger partial charge in [-0.05, 0) is 42.7 Å². The molecule has 1 aliphatic heterocycles. The van der Waals surface area contributed by atoms with Crippen molar-refractivity contribution in [2.24, 2.45) is 0 Å². The highest BCUT2D eigenvalue weighted by Crippen LogP contribution is 2.39. The van der Waals surface area contributed by atoms with Gasteiger partial charge in [0.25, 0.3) is 10.0 Å². The number of ether oxygens (including phenoxy) is 1. The maximum atomic E-state index is 13.6. The maximum absolute atomic E-state index is 13.6. The second-order valence-electron chi connectivity index (χ2n) is 6.97. The van der Waals surface area contributed by atoms with Crippen LogP contribution < -0.4 is 14.4 Å². The lowest BCUT2D eigenvalue weighted by atomic mass is 10.1. The molecule has 1 aliphatic rings. The van der Waals surface area contributed by atoms with Crippen LogP contribution in [0.1, 0.15) is 18.2 Å². The van der Waals surface area contributed by atoms with Gasteiger partial charge in [0.2, 0.25) is 11.8 Å². The molecule has 1 N–H and O–H groups in total. The lowest BCUT2D eigenvalue weighted by Gasteiger charge is -2.21. The van der Waals surface area contributed by atoms with E-state index in [1.165, 1.54) is 24.4 Å². The van der Waals surface area contributed by atoms with E-state index < -0.39 is 10.0 Å². The first kappa shape index (κ1) is 20.0. The standard InChI is InChI=1S/C21H21N3O5S/c1-13-20(21(29-23-13)22-14(2)25)16-8-9-18(28-3)19(12-16)30(26,27)24-11-10-15-6-4-5-7-17(15)24/h4-9,12H,10-11H2,1-3H3,(H,22,25). The minimum absolute atomic E-state index is 0.0357. The van der Waals surface area contributed by atoms with Gasteiger partial charge >= 0.3 is 0 Å². The molecule has 0 aliphatic carbocycles. The molecule has 0 spiro atoms. The Labute approximate surface area is 174 Å². The lowest BCUT2D eigenvalue weighted by molar-refractivity contribution is -0.114. The Morgan fingerprint density at radius 2 is 2.00 bits per heavy atom. The normalized spacial score (nSPS) is 13.2. The molecule has 156 valence electrons. The third-order valence-corrected chi connectivity index (χ3v) is 6.85. The number of aryl methyl sites for hydroxylation is 1. The SMILES string of the molecule is COc1ccc(-c2c(C)noc2NC(C)=O)cc1S(=O)(=O)N1CCc2ccccc21. The Bertz CT molecular complexity index is 1230. The molecule has 4 rings (SSSR count). The van der Waals surface area contributed by atoms with Crippen LogP contribution in [0.2, 0.25) is 0 Å². The van der Waals surface area contributed by atoms with Crippen LogP contribution in [0.15, 0.2) is 51.9 Å². The van der Waals surface area contributed by atoms with Crippen molar-refractivity contribution >= 4 is 27.5 Å². The predicted octanol–water partition coefficient (Wildman–Crippen LogP) is 3.37. The minimum Gasteiger partial charge on any atom is -0.495 e. The van der Waals surface area contributed by atoms with E-state index in [-0.39, 0.29) is 22.4 Å². The number of sulfonamides is 1. The van der Waals surface area contributed by atoms with Crippen molar-refractivity contribution in [3.05, 3.63) is 53.7 Å². The molecule has 1 aromatic heterocycles. The van der Waals surface area contributed by atoms with Gasteiger partial charge in [0.1, 0.15) is 10.6 Å². The molecular weight excluding hydrogens is 406 g/mol. The molecular formula is C21H21N3O5S. The largest absolute Gasteiger partial charge is 0.495 e. The molecule has 0 saturated heterocycles. The molecule has 1 amide bonds. The second-order valence-corrected chi connectivity index (χ2v) is 8.81. The molecule has 0 atom stereocenters. The van der Waals surface area contributed by atoms with Crippen molar-refractivity contribution in [2.75, 3.05) is 23.3 Å². The fraction of sp³-hybridized carbons (Fsp3) is 0.238. The number of para-hydroxylation sites is 1. The summed E-state index contributed by atoms with van der Waals surface area (Å²) in [4.78, 5) is 11.5. The van der Waals surface area contributed by atoms with E-state index >= 15 is 0 Å². The Morgan fingerprint density at radius 3 is 2.73 bits per heavy atom. The number of nitrogens with one attached hydrogen (secondary N) is 1. The number of nitrogens with zero attached hydrogens (tertiary/aromatic N) is 2. The Kier molecular flexibility index (Phi) is 4.98.